The molecule has 0 unspecified atom stereocenters. The summed E-state index contributed by atoms with van der Waals surface area (Å²) in [6, 6.07) is 15.0. The Morgan fingerprint density at radius 1 is 0.853 bits per heavy atom. The van der Waals surface area contributed by atoms with E-state index in [-0.39, 0.29) is 22.4 Å². The van der Waals surface area contributed by atoms with Crippen molar-refractivity contribution in [3.8, 4) is 17.0 Å². The van der Waals surface area contributed by atoms with E-state index >= 15 is 0 Å². The molecule has 0 aliphatic heterocycles. The maximum absolute atomic E-state index is 13.4. The third-order valence-electron chi connectivity index (χ3n) is 5.22. The van der Waals surface area contributed by atoms with Gasteiger partial charge in [0, 0.05) is 12.6 Å². The van der Waals surface area contributed by atoms with Crippen LogP contribution in [0.3, 0.4) is 0 Å². The second-order valence-corrected chi connectivity index (χ2v) is 7.45. The number of carbonyl (C=O) groups is 3. The molecule has 2 heterocycles. The molecule has 9 heteroatoms. The first kappa shape index (κ1) is 22.7. The average Bonchev–Trinajstić information content (AvgIpc) is 3.15. The van der Waals surface area contributed by atoms with Crippen LogP contribution in [0.5, 0.6) is 5.75 Å². The highest BCUT2D eigenvalue weighted by Gasteiger charge is 2.22. The first-order valence-corrected chi connectivity index (χ1v) is 10.3. The minimum Gasteiger partial charge on any atom is -0.465 e. The van der Waals surface area contributed by atoms with Gasteiger partial charge in [0.05, 0.1) is 47.7 Å². The molecule has 4 aromatic rings. The lowest BCUT2D eigenvalue weighted by molar-refractivity contribution is 0.0593. The van der Waals surface area contributed by atoms with E-state index in [1.165, 1.54) is 32.4 Å². The van der Waals surface area contributed by atoms with Crippen molar-refractivity contribution >= 4 is 28.9 Å². The summed E-state index contributed by atoms with van der Waals surface area (Å²) in [5, 5.41) is 4.94. The van der Waals surface area contributed by atoms with E-state index in [1.807, 2.05) is 30.3 Å². The zero-order valence-electron chi connectivity index (χ0n) is 19.0. The van der Waals surface area contributed by atoms with E-state index in [0.29, 0.717) is 22.4 Å². The van der Waals surface area contributed by atoms with Crippen molar-refractivity contribution in [3.05, 3.63) is 77.0 Å². The van der Waals surface area contributed by atoms with Crippen LogP contribution in [0.2, 0.25) is 0 Å². The smallest absolute Gasteiger partial charge is 0.344 e. The zero-order chi connectivity index (χ0) is 24.4. The van der Waals surface area contributed by atoms with Gasteiger partial charge in [-0.2, -0.15) is 5.10 Å². The second-order valence-electron chi connectivity index (χ2n) is 7.45. The summed E-state index contributed by atoms with van der Waals surface area (Å²) in [5.74, 6) is -2.09. The molecule has 9 nitrogen and oxygen atoms in total. The fraction of sp³-hybridized carbons (Fsp3) is 0.160. The number of ether oxygens (including phenoxy) is 3. The van der Waals surface area contributed by atoms with Gasteiger partial charge in [-0.05, 0) is 31.2 Å². The van der Waals surface area contributed by atoms with Crippen LogP contribution in [0, 0.1) is 6.92 Å². The number of nitrogens with zero attached hydrogens (tertiary/aromatic N) is 3. The zero-order valence-corrected chi connectivity index (χ0v) is 19.0. The molecule has 0 aliphatic carbocycles. The van der Waals surface area contributed by atoms with Crippen LogP contribution < -0.4 is 4.74 Å². The van der Waals surface area contributed by atoms with Crippen LogP contribution in [0.4, 0.5) is 0 Å². The monoisotopic (exact) mass is 459 g/mol. The third-order valence-corrected chi connectivity index (χ3v) is 5.22. The van der Waals surface area contributed by atoms with E-state index in [0.717, 1.165) is 5.56 Å². The van der Waals surface area contributed by atoms with E-state index in [1.54, 1.807) is 24.7 Å². The molecule has 0 fully saturated rings. The molecule has 0 amide bonds. The van der Waals surface area contributed by atoms with Crippen LogP contribution in [-0.4, -0.2) is 46.9 Å². The number of methoxy groups -OCH3 is 2. The Labute approximate surface area is 194 Å². The molecule has 2 aromatic carbocycles. The maximum atomic E-state index is 13.4. The number of benzene rings is 2. The summed E-state index contributed by atoms with van der Waals surface area (Å²) in [6.07, 6.45) is 0. The van der Waals surface area contributed by atoms with Crippen molar-refractivity contribution < 1.29 is 28.6 Å². The molecule has 0 bridgehead atoms. The third kappa shape index (κ3) is 4.23. The van der Waals surface area contributed by atoms with Gasteiger partial charge in [-0.25, -0.2) is 19.4 Å². The van der Waals surface area contributed by atoms with Gasteiger partial charge in [0.1, 0.15) is 5.75 Å². The van der Waals surface area contributed by atoms with Crippen molar-refractivity contribution in [1.82, 2.24) is 14.8 Å². The number of fused-ring (bicyclic) bond motifs is 1. The molecule has 0 aliphatic rings. The molecule has 4 rings (SSSR count). The van der Waals surface area contributed by atoms with Crippen LogP contribution >= 0.6 is 0 Å². The van der Waals surface area contributed by atoms with Gasteiger partial charge in [0.15, 0.2) is 5.65 Å². The van der Waals surface area contributed by atoms with Crippen molar-refractivity contribution in [2.24, 2.45) is 7.05 Å². The molecule has 2 aromatic heterocycles. The first-order chi connectivity index (χ1) is 16.3. The fourth-order valence-electron chi connectivity index (χ4n) is 3.65. The van der Waals surface area contributed by atoms with E-state index in [9.17, 15) is 14.4 Å². The highest BCUT2D eigenvalue weighted by atomic mass is 16.5. The predicted octanol–water partition coefficient (Wildman–Crippen LogP) is 3.74. The number of rotatable bonds is 5. The minimum atomic E-state index is -0.696. The predicted molar refractivity (Wildman–Crippen MR) is 123 cm³/mol. The number of esters is 3. The molecule has 0 saturated carbocycles. The topological polar surface area (TPSA) is 110 Å². The highest BCUT2D eigenvalue weighted by Crippen LogP contribution is 2.28. The number of aromatic nitrogens is 3. The molecule has 34 heavy (non-hydrogen) atoms. The number of carbonyl (C=O) groups excluding carboxylic acids is 3. The molecule has 0 radical (unpaired) electrons. The Kier molecular flexibility index (Phi) is 6.09. The van der Waals surface area contributed by atoms with Crippen molar-refractivity contribution in [3.63, 3.8) is 0 Å². The van der Waals surface area contributed by atoms with Gasteiger partial charge < -0.3 is 14.2 Å². The van der Waals surface area contributed by atoms with Crippen LogP contribution in [0.1, 0.15) is 36.8 Å². The lowest BCUT2D eigenvalue weighted by Crippen LogP contribution is -2.13. The van der Waals surface area contributed by atoms with E-state index < -0.39 is 17.9 Å². The first-order valence-electron chi connectivity index (χ1n) is 10.3. The molecular weight excluding hydrogens is 438 g/mol. The Morgan fingerprint density at radius 3 is 2.06 bits per heavy atom. The number of aryl methyl sites for hydroxylation is 2. The molecular formula is C25H21N3O6. The number of hydrogen-bond donors (Lipinski definition) is 0. The SMILES string of the molecule is COC(=O)c1cc(OC(=O)c2cc(-c3ccccc3)nc3c2c(C)nn3C)cc(C(=O)OC)c1. The average molecular weight is 459 g/mol. The van der Waals surface area contributed by atoms with Crippen molar-refractivity contribution in [2.45, 2.75) is 6.92 Å². The second kappa shape index (κ2) is 9.14. The van der Waals surface area contributed by atoms with Gasteiger partial charge >= 0.3 is 17.9 Å². The van der Waals surface area contributed by atoms with Gasteiger partial charge in [0.25, 0.3) is 0 Å². The summed E-state index contributed by atoms with van der Waals surface area (Å²) < 4.78 is 16.7. The Hall–Kier alpha value is -4.53. The largest absolute Gasteiger partial charge is 0.465 e. The summed E-state index contributed by atoms with van der Waals surface area (Å²) in [6.45, 7) is 1.77. The van der Waals surface area contributed by atoms with Crippen LogP contribution in [0.15, 0.2) is 54.6 Å². The highest BCUT2D eigenvalue weighted by molar-refractivity contribution is 6.06. The summed E-state index contributed by atoms with van der Waals surface area (Å²) in [4.78, 5) is 42.2. The van der Waals surface area contributed by atoms with Gasteiger partial charge in [0.2, 0.25) is 0 Å². The standard InChI is InChI=1S/C25H21N3O6/c1-14-21-19(13-20(15-8-6-5-7-9-15)26-22(21)28(2)27-14)25(31)34-18-11-16(23(29)32-3)10-17(12-18)24(30)33-4/h5-13H,1-4H3. The van der Waals surface area contributed by atoms with Gasteiger partial charge in [-0.15, -0.1) is 0 Å². The minimum absolute atomic E-state index is 0.0129. The lowest BCUT2D eigenvalue weighted by Gasteiger charge is -2.11. The van der Waals surface area contributed by atoms with Crippen LogP contribution in [-0.2, 0) is 16.5 Å². The quantitative estimate of drug-likeness (QED) is 0.328. The van der Waals surface area contributed by atoms with Crippen molar-refractivity contribution in [1.29, 1.82) is 0 Å². The van der Waals surface area contributed by atoms with Gasteiger partial charge in [-0.1, -0.05) is 30.3 Å². The fourth-order valence-corrected chi connectivity index (χ4v) is 3.65. The normalized spacial score (nSPS) is 10.7. The Bertz CT molecular complexity index is 1390. The molecule has 172 valence electrons. The van der Waals surface area contributed by atoms with E-state index in [2.05, 4.69) is 10.1 Å². The lowest BCUT2D eigenvalue weighted by atomic mass is 10.1. The van der Waals surface area contributed by atoms with E-state index in [4.69, 9.17) is 14.2 Å². The molecule has 0 spiro atoms. The molecule has 0 atom stereocenters. The molecule has 0 N–H and O–H groups in total. The van der Waals surface area contributed by atoms with Crippen molar-refractivity contribution in [2.75, 3.05) is 14.2 Å². The Morgan fingerprint density at radius 2 is 1.47 bits per heavy atom. The Balaban J connectivity index is 1.82. The number of pyridine rings is 1. The van der Waals surface area contributed by atoms with Crippen LogP contribution in [0.25, 0.3) is 22.3 Å². The molecule has 0 saturated heterocycles. The summed E-state index contributed by atoms with van der Waals surface area (Å²) >= 11 is 0. The maximum Gasteiger partial charge on any atom is 0.344 e. The van der Waals surface area contributed by atoms with Gasteiger partial charge in [-0.3, -0.25) is 4.68 Å². The summed E-state index contributed by atoms with van der Waals surface area (Å²) in [7, 11) is 4.17. The summed E-state index contributed by atoms with van der Waals surface area (Å²) in [5.41, 5.74) is 2.84. The number of hydrogen-bond acceptors (Lipinski definition) is 8.